The maximum Gasteiger partial charge on any atom is 0.159 e. The van der Waals surface area contributed by atoms with Gasteiger partial charge in [-0.1, -0.05) is 159 Å². The molecule has 2 aliphatic carbocycles. The molecule has 0 radical (unpaired) electrons. The van der Waals surface area contributed by atoms with Gasteiger partial charge in [-0.15, -0.1) is 0 Å². The molecule has 6 nitrogen and oxygen atoms in total. The summed E-state index contributed by atoms with van der Waals surface area (Å²) in [6.07, 6.45) is 16.1. The molecule has 0 saturated heterocycles. The standard InChI is InChI=1S/C50H40N6/c1-49-30-17-28-40-43(49)42(48-51-38-26-12-13-27-39(38)56(48)50(2)31-15-14-29-41(49)50)44(33-18-6-3-7-19-33)55(40)37-25-16-24-36(32-37)47-53-45(34-20-8-4-9-21-34)52-46(54-47)35-22-10-5-11-23-35/h3-32,41,43,45H,1-2H3,(H,52,53,54). The highest BCUT2D eigenvalue weighted by Gasteiger charge is 2.59. The van der Waals surface area contributed by atoms with Crippen LogP contribution < -0.4 is 10.2 Å². The molecule has 5 aromatic carbocycles. The molecule has 6 aromatic rings. The Morgan fingerprint density at radius 3 is 2.20 bits per heavy atom. The van der Waals surface area contributed by atoms with Gasteiger partial charge in [0.05, 0.1) is 22.3 Å². The number of allylic oxidation sites excluding steroid dienone is 8. The lowest BCUT2D eigenvalue weighted by atomic mass is 9.58. The minimum absolute atomic E-state index is 0.0364. The van der Waals surface area contributed by atoms with Gasteiger partial charge in [0.1, 0.15) is 17.8 Å². The monoisotopic (exact) mass is 724 g/mol. The van der Waals surface area contributed by atoms with E-state index >= 15 is 0 Å². The van der Waals surface area contributed by atoms with E-state index in [0.717, 1.165) is 56.3 Å². The summed E-state index contributed by atoms with van der Waals surface area (Å²) in [4.78, 5) is 18.3. The Labute approximate surface area is 327 Å². The molecule has 5 aliphatic rings. The van der Waals surface area contributed by atoms with Crippen molar-refractivity contribution in [3.8, 4) is 0 Å². The molecule has 0 amide bonds. The van der Waals surface area contributed by atoms with Gasteiger partial charge in [0, 0.05) is 45.3 Å². The lowest BCUT2D eigenvalue weighted by molar-refractivity contribution is 0.155. The molecule has 0 fully saturated rings. The van der Waals surface area contributed by atoms with Crippen LogP contribution in [0, 0.1) is 17.3 Å². The number of anilines is 1. The molecule has 1 N–H and O–H groups in total. The third kappa shape index (κ3) is 4.78. The fourth-order valence-corrected chi connectivity index (χ4v) is 9.97. The number of amidine groups is 2. The zero-order chi connectivity index (χ0) is 37.4. The lowest BCUT2D eigenvalue weighted by Crippen LogP contribution is -2.47. The molecular formula is C50H40N6. The second-order valence-electron chi connectivity index (χ2n) is 15.7. The maximum absolute atomic E-state index is 5.55. The number of hydrogen-bond donors (Lipinski definition) is 1. The first-order chi connectivity index (χ1) is 27.5. The summed E-state index contributed by atoms with van der Waals surface area (Å²) in [6, 6.07) is 49.0. The predicted octanol–water partition coefficient (Wildman–Crippen LogP) is 10.5. The lowest BCUT2D eigenvalue weighted by Gasteiger charge is -2.48. The first kappa shape index (κ1) is 32.6. The fourth-order valence-electron chi connectivity index (χ4n) is 9.97. The smallest absolute Gasteiger partial charge is 0.159 e. The summed E-state index contributed by atoms with van der Waals surface area (Å²) in [6.45, 7) is 4.85. The van der Waals surface area contributed by atoms with Crippen molar-refractivity contribution in [2.24, 2.45) is 27.2 Å². The Morgan fingerprint density at radius 2 is 1.39 bits per heavy atom. The van der Waals surface area contributed by atoms with Crippen molar-refractivity contribution in [1.29, 1.82) is 0 Å². The zero-order valence-electron chi connectivity index (χ0n) is 31.3. The molecule has 3 aliphatic heterocycles. The molecule has 270 valence electrons. The van der Waals surface area contributed by atoms with Crippen LogP contribution in [0.3, 0.4) is 0 Å². The average Bonchev–Trinajstić information content (AvgIpc) is 3.81. The highest BCUT2D eigenvalue weighted by molar-refractivity contribution is 6.14. The van der Waals surface area contributed by atoms with Gasteiger partial charge in [0.2, 0.25) is 0 Å². The molecule has 4 heterocycles. The summed E-state index contributed by atoms with van der Waals surface area (Å²) in [7, 11) is 0. The predicted molar refractivity (Wildman–Crippen MR) is 228 cm³/mol. The van der Waals surface area contributed by atoms with Gasteiger partial charge >= 0.3 is 0 Å². The molecular weight excluding hydrogens is 685 g/mol. The zero-order valence-corrected chi connectivity index (χ0v) is 31.3. The van der Waals surface area contributed by atoms with Crippen LogP contribution >= 0.6 is 0 Å². The van der Waals surface area contributed by atoms with Crippen molar-refractivity contribution in [3.05, 3.63) is 216 Å². The second-order valence-corrected chi connectivity index (χ2v) is 15.7. The number of nitrogens with one attached hydrogen (secondary N) is 1. The van der Waals surface area contributed by atoms with E-state index in [4.69, 9.17) is 15.0 Å². The van der Waals surface area contributed by atoms with Gasteiger partial charge in [-0.2, -0.15) is 0 Å². The average molecular weight is 725 g/mol. The molecule has 0 bridgehead atoms. The number of aromatic nitrogens is 2. The van der Waals surface area contributed by atoms with E-state index < -0.39 is 0 Å². The van der Waals surface area contributed by atoms with Crippen LogP contribution in [0.5, 0.6) is 0 Å². The number of hydrogen-bond acceptors (Lipinski definition) is 5. The summed E-state index contributed by atoms with van der Waals surface area (Å²) < 4.78 is 2.54. The van der Waals surface area contributed by atoms with Gasteiger partial charge in [-0.3, -0.25) is 0 Å². The van der Waals surface area contributed by atoms with E-state index in [2.05, 4.69) is 186 Å². The van der Waals surface area contributed by atoms with Crippen molar-refractivity contribution in [2.45, 2.75) is 25.6 Å². The molecule has 6 heteroatoms. The third-order valence-electron chi connectivity index (χ3n) is 12.4. The topological polar surface area (TPSA) is 57.8 Å². The van der Waals surface area contributed by atoms with Gasteiger partial charge < -0.3 is 14.8 Å². The highest BCUT2D eigenvalue weighted by Crippen LogP contribution is 2.64. The second kappa shape index (κ2) is 12.4. The Hall–Kier alpha value is -6.79. The summed E-state index contributed by atoms with van der Waals surface area (Å²) in [5.74, 6) is 2.72. The SMILES string of the molecule is CC12C=CC=C3C1C(=C(c1ccccc1)N3c1cccc(C3=NC(c4ccccc4)=NC(c4ccccc4)N3)c1)c1nc3ccccc3n1C1(C)C=CC=CC21. The van der Waals surface area contributed by atoms with Crippen molar-refractivity contribution < 1.29 is 0 Å². The summed E-state index contributed by atoms with van der Waals surface area (Å²) >= 11 is 0. The number of para-hydroxylation sites is 2. The van der Waals surface area contributed by atoms with Crippen LogP contribution in [0.25, 0.3) is 22.3 Å². The normalized spacial score (nSPS) is 25.8. The van der Waals surface area contributed by atoms with Crippen molar-refractivity contribution >= 4 is 39.7 Å². The number of rotatable bonds is 5. The maximum atomic E-state index is 5.55. The quantitative estimate of drug-likeness (QED) is 0.193. The van der Waals surface area contributed by atoms with Crippen LogP contribution in [0.4, 0.5) is 5.69 Å². The fraction of sp³-hybridized carbons (Fsp3) is 0.140. The van der Waals surface area contributed by atoms with Crippen LogP contribution in [-0.2, 0) is 5.54 Å². The minimum atomic E-state index is -0.344. The van der Waals surface area contributed by atoms with E-state index in [1.807, 2.05) is 24.3 Å². The Morgan fingerprint density at radius 1 is 0.679 bits per heavy atom. The first-order valence-corrected chi connectivity index (χ1v) is 19.5. The molecule has 56 heavy (non-hydrogen) atoms. The third-order valence-corrected chi connectivity index (χ3v) is 12.4. The van der Waals surface area contributed by atoms with Gasteiger partial charge in [0.25, 0.3) is 0 Å². The van der Waals surface area contributed by atoms with Gasteiger partial charge in [-0.25, -0.2) is 15.0 Å². The molecule has 0 saturated carbocycles. The Bertz CT molecular complexity index is 2770. The largest absolute Gasteiger partial charge is 0.344 e. The number of aliphatic imine (C=N–C) groups is 2. The Balaban J connectivity index is 1.14. The van der Waals surface area contributed by atoms with E-state index in [-0.39, 0.29) is 29.0 Å². The van der Waals surface area contributed by atoms with E-state index in [1.54, 1.807) is 0 Å². The van der Waals surface area contributed by atoms with Crippen molar-refractivity contribution in [2.75, 3.05) is 4.90 Å². The van der Waals surface area contributed by atoms with Gasteiger partial charge in [0.15, 0.2) is 5.84 Å². The minimum Gasteiger partial charge on any atom is -0.344 e. The van der Waals surface area contributed by atoms with Gasteiger partial charge in [-0.05, 0) is 48.4 Å². The van der Waals surface area contributed by atoms with Crippen LogP contribution in [0.1, 0.15) is 48.1 Å². The summed E-state index contributed by atoms with van der Waals surface area (Å²) in [5.41, 5.74) is 10.5. The highest BCUT2D eigenvalue weighted by atomic mass is 15.2. The van der Waals surface area contributed by atoms with Crippen molar-refractivity contribution in [1.82, 2.24) is 14.9 Å². The molecule has 0 spiro atoms. The molecule has 5 unspecified atom stereocenters. The first-order valence-electron chi connectivity index (χ1n) is 19.5. The van der Waals surface area contributed by atoms with E-state index in [0.29, 0.717) is 5.84 Å². The molecule has 1 aromatic heterocycles. The van der Waals surface area contributed by atoms with Crippen molar-refractivity contribution in [3.63, 3.8) is 0 Å². The van der Waals surface area contributed by atoms with E-state index in [9.17, 15) is 0 Å². The van der Waals surface area contributed by atoms with Crippen LogP contribution in [0.2, 0.25) is 0 Å². The summed E-state index contributed by atoms with van der Waals surface area (Å²) in [5, 5.41) is 3.70. The van der Waals surface area contributed by atoms with E-state index in [1.165, 1.54) is 11.3 Å². The number of benzene rings is 5. The van der Waals surface area contributed by atoms with Crippen LogP contribution in [0.15, 0.2) is 198 Å². The Kier molecular flexibility index (Phi) is 7.20. The number of imidazole rings is 1. The number of nitrogens with zero attached hydrogens (tertiary/aromatic N) is 5. The molecule has 5 atom stereocenters. The van der Waals surface area contributed by atoms with Crippen LogP contribution in [-0.4, -0.2) is 21.2 Å². The molecule has 11 rings (SSSR count). The number of fused-ring (bicyclic) bond motifs is 7.